The molecule has 0 spiro atoms. The van der Waals surface area contributed by atoms with Gasteiger partial charge in [-0.15, -0.1) is 11.3 Å². The van der Waals surface area contributed by atoms with Crippen molar-refractivity contribution in [2.75, 3.05) is 5.73 Å². The minimum atomic E-state index is 0.442. The van der Waals surface area contributed by atoms with Gasteiger partial charge in [0.25, 0.3) is 0 Å². The van der Waals surface area contributed by atoms with Crippen molar-refractivity contribution in [2.24, 2.45) is 0 Å². The molecule has 0 fully saturated rings. The second-order valence-corrected chi connectivity index (χ2v) is 5.94. The number of aromatic nitrogens is 3. The van der Waals surface area contributed by atoms with E-state index in [1.165, 1.54) is 0 Å². The first-order chi connectivity index (χ1) is 11.3. The van der Waals surface area contributed by atoms with Crippen LogP contribution in [0.3, 0.4) is 0 Å². The highest BCUT2D eigenvalue weighted by Crippen LogP contribution is 2.27. The van der Waals surface area contributed by atoms with Crippen LogP contribution in [0.15, 0.2) is 72.2 Å². The summed E-state index contributed by atoms with van der Waals surface area (Å²) < 4.78 is 1.83. The number of thiazole rings is 1. The zero-order valence-electron chi connectivity index (χ0n) is 12.3. The van der Waals surface area contributed by atoms with Gasteiger partial charge in [-0.1, -0.05) is 60.7 Å². The molecule has 4 nitrogen and oxygen atoms in total. The molecule has 0 bridgehead atoms. The first kappa shape index (κ1) is 13.7. The molecular formula is C18H14N4S. The van der Waals surface area contributed by atoms with Gasteiger partial charge in [-0.3, -0.25) is 4.57 Å². The molecule has 5 heteroatoms. The zero-order valence-corrected chi connectivity index (χ0v) is 13.1. The van der Waals surface area contributed by atoms with Crippen molar-refractivity contribution in [1.82, 2.24) is 14.5 Å². The van der Waals surface area contributed by atoms with Gasteiger partial charge in [0.05, 0.1) is 11.4 Å². The van der Waals surface area contributed by atoms with Crippen molar-refractivity contribution in [3.05, 3.63) is 72.2 Å². The Morgan fingerprint density at radius 1 is 0.783 bits per heavy atom. The Morgan fingerprint density at radius 3 is 2.04 bits per heavy atom. The van der Waals surface area contributed by atoms with Crippen LogP contribution in [0.2, 0.25) is 0 Å². The number of nitrogens with two attached hydrogens (primary N) is 1. The Balaban J connectivity index is 1.72. The van der Waals surface area contributed by atoms with E-state index < -0.39 is 0 Å². The number of imidazole rings is 1. The summed E-state index contributed by atoms with van der Waals surface area (Å²) in [5, 5.41) is 2.85. The lowest BCUT2D eigenvalue weighted by Gasteiger charge is -1.98. The van der Waals surface area contributed by atoms with Gasteiger partial charge in [0.1, 0.15) is 0 Å². The van der Waals surface area contributed by atoms with E-state index in [0.29, 0.717) is 5.95 Å². The number of anilines is 1. The summed E-state index contributed by atoms with van der Waals surface area (Å²) >= 11 is 1.55. The molecule has 2 N–H and O–H groups in total. The minimum Gasteiger partial charge on any atom is -0.369 e. The summed E-state index contributed by atoms with van der Waals surface area (Å²) in [4.78, 5) is 9.13. The van der Waals surface area contributed by atoms with Crippen LogP contribution in [0.4, 0.5) is 5.95 Å². The Bertz CT molecular complexity index is 926. The maximum Gasteiger partial charge on any atom is 0.207 e. The third-order valence-corrected chi connectivity index (χ3v) is 4.41. The highest BCUT2D eigenvalue weighted by atomic mass is 32.1. The lowest BCUT2D eigenvalue weighted by Crippen LogP contribution is -1.98. The molecule has 23 heavy (non-hydrogen) atoms. The van der Waals surface area contributed by atoms with Gasteiger partial charge in [0.15, 0.2) is 5.13 Å². The maximum absolute atomic E-state index is 6.08. The van der Waals surface area contributed by atoms with Gasteiger partial charge < -0.3 is 5.73 Å². The molecule has 0 aliphatic heterocycles. The molecule has 0 radical (unpaired) electrons. The number of hydrogen-bond donors (Lipinski definition) is 1. The van der Waals surface area contributed by atoms with Crippen LogP contribution in [0, 0.1) is 0 Å². The molecule has 0 aliphatic rings. The monoisotopic (exact) mass is 318 g/mol. The average molecular weight is 318 g/mol. The van der Waals surface area contributed by atoms with Crippen molar-refractivity contribution in [1.29, 1.82) is 0 Å². The van der Waals surface area contributed by atoms with Gasteiger partial charge in [0.2, 0.25) is 5.95 Å². The van der Waals surface area contributed by atoms with Crippen molar-refractivity contribution < 1.29 is 0 Å². The third-order valence-electron chi connectivity index (χ3n) is 3.57. The normalized spacial score (nSPS) is 10.8. The molecule has 0 atom stereocenters. The number of rotatable bonds is 3. The molecule has 0 unspecified atom stereocenters. The van der Waals surface area contributed by atoms with Crippen LogP contribution in [-0.4, -0.2) is 14.5 Å². The van der Waals surface area contributed by atoms with E-state index in [2.05, 4.69) is 9.97 Å². The first-order valence-corrected chi connectivity index (χ1v) is 8.11. The predicted octanol–water partition coefficient (Wildman–Crippen LogP) is 4.25. The van der Waals surface area contributed by atoms with Crippen LogP contribution < -0.4 is 5.73 Å². The van der Waals surface area contributed by atoms with Crippen LogP contribution in [0.25, 0.3) is 27.6 Å². The zero-order chi connectivity index (χ0) is 15.6. The van der Waals surface area contributed by atoms with Crippen molar-refractivity contribution in [3.8, 4) is 27.6 Å². The largest absolute Gasteiger partial charge is 0.369 e. The van der Waals surface area contributed by atoms with Crippen molar-refractivity contribution in [2.45, 2.75) is 0 Å². The minimum absolute atomic E-state index is 0.442. The van der Waals surface area contributed by atoms with E-state index in [4.69, 9.17) is 5.73 Å². The highest BCUT2D eigenvalue weighted by molar-refractivity contribution is 7.12. The average Bonchev–Trinajstić information content (AvgIpc) is 3.23. The van der Waals surface area contributed by atoms with Gasteiger partial charge >= 0.3 is 0 Å². The molecule has 2 heterocycles. The third kappa shape index (κ3) is 2.62. The number of hydrogen-bond acceptors (Lipinski definition) is 4. The molecule has 2 aromatic heterocycles. The highest BCUT2D eigenvalue weighted by Gasteiger charge is 2.12. The van der Waals surface area contributed by atoms with Crippen LogP contribution in [0.1, 0.15) is 0 Å². The molecular weight excluding hydrogens is 304 g/mol. The second-order valence-electron chi connectivity index (χ2n) is 5.10. The van der Waals surface area contributed by atoms with Gasteiger partial charge in [-0.2, -0.15) is 0 Å². The van der Waals surface area contributed by atoms with Gasteiger partial charge in [0, 0.05) is 22.7 Å². The smallest absolute Gasteiger partial charge is 0.207 e. The second kappa shape index (κ2) is 5.70. The Hall–Kier alpha value is -2.92. The van der Waals surface area contributed by atoms with Crippen LogP contribution in [-0.2, 0) is 0 Å². The lowest BCUT2D eigenvalue weighted by molar-refractivity contribution is 1.05. The SMILES string of the molecule is Nc1nc(-c2ccccc2)cn1-c1nc(-c2ccccc2)cs1. The van der Waals surface area contributed by atoms with E-state index in [9.17, 15) is 0 Å². The fraction of sp³-hybridized carbons (Fsp3) is 0. The van der Waals surface area contributed by atoms with E-state index in [1.807, 2.05) is 76.8 Å². The molecule has 4 rings (SSSR count). The molecule has 0 saturated carbocycles. The van der Waals surface area contributed by atoms with E-state index >= 15 is 0 Å². The molecule has 2 aromatic carbocycles. The summed E-state index contributed by atoms with van der Waals surface area (Å²) in [7, 11) is 0. The predicted molar refractivity (Wildman–Crippen MR) is 94.5 cm³/mol. The Morgan fingerprint density at radius 2 is 1.39 bits per heavy atom. The summed E-state index contributed by atoms with van der Waals surface area (Å²) in [6.45, 7) is 0. The summed E-state index contributed by atoms with van der Waals surface area (Å²) in [6.07, 6.45) is 1.93. The fourth-order valence-electron chi connectivity index (χ4n) is 2.41. The quantitative estimate of drug-likeness (QED) is 0.614. The maximum atomic E-state index is 6.08. The standard InChI is InChI=1S/C18H14N4S/c19-17-20-15(13-7-3-1-4-8-13)11-22(17)18-21-16(12-23-18)14-9-5-2-6-10-14/h1-12H,(H2,19,20). The van der Waals surface area contributed by atoms with E-state index in [1.54, 1.807) is 11.3 Å². The lowest BCUT2D eigenvalue weighted by atomic mass is 10.2. The molecule has 0 amide bonds. The molecule has 112 valence electrons. The fourth-order valence-corrected chi connectivity index (χ4v) is 3.23. The molecule has 4 aromatic rings. The summed E-state index contributed by atoms with van der Waals surface area (Å²) in [5.41, 5.74) is 10.0. The van der Waals surface area contributed by atoms with E-state index in [0.717, 1.165) is 27.6 Å². The van der Waals surface area contributed by atoms with Crippen LogP contribution in [0.5, 0.6) is 0 Å². The Kier molecular flexibility index (Phi) is 3.40. The van der Waals surface area contributed by atoms with Crippen molar-refractivity contribution in [3.63, 3.8) is 0 Å². The first-order valence-electron chi connectivity index (χ1n) is 7.23. The molecule has 0 saturated heterocycles. The summed E-state index contributed by atoms with van der Waals surface area (Å²) in [5.74, 6) is 0.442. The number of nitrogens with zero attached hydrogens (tertiary/aromatic N) is 3. The van der Waals surface area contributed by atoms with Gasteiger partial charge in [-0.25, -0.2) is 9.97 Å². The van der Waals surface area contributed by atoms with Crippen LogP contribution >= 0.6 is 11.3 Å². The van der Waals surface area contributed by atoms with Gasteiger partial charge in [-0.05, 0) is 0 Å². The van der Waals surface area contributed by atoms with Crippen molar-refractivity contribution >= 4 is 17.3 Å². The topological polar surface area (TPSA) is 56.7 Å². The van der Waals surface area contributed by atoms with E-state index in [-0.39, 0.29) is 0 Å². The summed E-state index contributed by atoms with van der Waals surface area (Å²) in [6, 6.07) is 20.1. The number of benzene rings is 2. The Labute approximate surface area is 137 Å². The number of nitrogen functional groups attached to an aromatic ring is 1. The molecule has 0 aliphatic carbocycles.